The van der Waals surface area contributed by atoms with E-state index < -0.39 is 0 Å². The molecule has 0 fully saturated rings. The van der Waals surface area contributed by atoms with Crippen LogP contribution in [0.3, 0.4) is 0 Å². The van der Waals surface area contributed by atoms with Gasteiger partial charge in [-0.1, -0.05) is 73.4 Å². The SMILES string of the molecule is CC(C)(CNC(=O)Nc1c(Cl)cccc1Cl)c1ccccc1. The van der Waals surface area contributed by atoms with Crippen molar-refractivity contribution >= 4 is 34.9 Å². The Kier molecular flexibility index (Phi) is 5.33. The zero-order valence-electron chi connectivity index (χ0n) is 12.5. The summed E-state index contributed by atoms with van der Waals surface area (Å²) < 4.78 is 0. The summed E-state index contributed by atoms with van der Waals surface area (Å²) in [7, 11) is 0. The third kappa shape index (κ3) is 4.15. The van der Waals surface area contributed by atoms with Crippen LogP contribution in [0.15, 0.2) is 48.5 Å². The number of amides is 2. The minimum absolute atomic E-state index is 0.178. The number of nitrogens with one attached hydrogen (secondary N) is 2. The van der Waals surface area contributed by atoms with Crippen LogP contribution in [0.2, 0.25) is 10.0 Å². The number of anilines is 1. The third-order valence-corrected chi connectivity index (χ3v) is 4.08. The maximum Gasteiger partial charge on any atom is 0.319 e. The summed E-state index contributed by atoms with van der Waals surface area (Å²) in [6, 6.07) is 14.8. The number of benzene rings is 2. The molecule has 2 amide bonds. The number of hydrogen-bond donors (Lipinski definition) is 2. The first-order chi connectivity index (χ1) is 10.4. The predicted octanol–water partition coefficient (Wildman–Crippen LogP) is 5.09. The second-order valence-electron chi connectivity index (χ2n) is 5.65. The quantitative estimate of drug-likeness (QED) is 0.801. The lowest BCUT2D eigenvalue weighted by molar-refractivity contribution is 0.249. The first-order valence-electron chi connectivity index (χ1n) is 6.94. The fourth-order valence-corrected chi connectivity index (χ4v) is 2.56. The van der Waals surface area contributed by atoms with Crippen molar-refractivity contribution in [2.24, 2.45) is 0 Å². The van der Waals surface area contributed by atoms with Gasteiger partial charge in [-0.2, -0.15) is 0 Å². The molecular formula is C17H18Cl2N2O. The Labute approximate surface area is 140 Å². The largest absolute Gasteiger partial charge is 0.337 e. The summed E-state index contributed by atoms with van der Waals surface area (Å²) in [6.45, 7) is 4.64. The summed E-state index contributed by atoms with van der Waals surface area (Å²) in [5.41, 5.74) is 1.40. The van der Waals surface area contributed by atoms with Gasteiger partial charge in [0.1, 0.15) is 0 Å². The van der Waals surface area contributed by atoms with Gasteiger partial charge in [0.2, 0.25) is 0 Å². The molecule has 3 nitrogen and oxygen atoms in total. The number of rotatable bonds is 4. The first-order valence-corrected chi connectivity index (χ1v) is 7.70. The normalized spacial score (nSPS) is 11.1. The Morgan fingerprint density at radius 3 is 2.18 bits per heavy atom. The Hall–Kier alpha value is -1.71. The second kappa shape index (κ2) is 7.03. The summed E-state index contributed by atoms with van der Waals surface area (Å²) in [5.74, 6) is 0. The van der Waals surface area contributed by atoms with E-state index in [0.29, 0.717) is 22.3 Å². The Morgan fingerprint density at radius 2 is 1.59 bits per heavy atom. The summed E-state index contributed by atoms with van der Waals surface area (Å²) in [5, 5.41) is 6.36. The van der Waals surface area contributed by atoms with Crippen molar-refractivity contribution in [3.05, 3.63) is 64.1 Å². The molecule has 2 aromatic rings. The molecule has 0 aliphatic rings. The van der Waals surface area contributed by atoms with Gasteiger partial charge in [0, 0.05) is 12.0 Å². The number of carbonyl (C=O) groups is 1. The van der Waals surface area contributed by atoms with Crippen LogP contribution in [0, 0.1) is 0 Å². The van der Waals surface area contributed by atoms with Gasteiger partial charge in [-0.05, 0) is 17.7 Å². The van der Waals surface area contributed by atoms with Crippen LogP contribution in [0.1, 0.15) is 19.4 Å². The molecule has 0 aliphatic heterocycles. The monoisotopic (exact) mass is 336 g/mol. The summed E-state index contributed by atoms with van der Waals surface area (Å²) in [4.78, 5) is 12.1. The zero-order chi connectivity index (χ0) is 16.2. The molecule has 2 aromatic carbocycles. The van der Waals surface area contributed by atoms with Crippen LogP contribution in [-0.2, 0) is 5.41 Å². The maximum atomic E-state index is 12.1. The number of halogens is 2. The standard InChI is InChI=1S/C17H18Cl2N2O/c1-17(2,12-7-4-3-5-8-12)11-20-16(22)21-15-13(18)9-6-10-14(15)19/h3-10H,11H2,1-2H3,(H2,20,21,22). The molecule has 0 saturated carbocycles. The fourth-order valence-electron chi connectivity index (χ4n) is 2.07. The van der Waals surface area contributed by atoms with Crippen LogP contribution < -0.4 is 10.6 Å². The van der Waals surface area contributed by atoms with E-state index >= 15 is 0 Å². The lowest BCUT2D eigenvalue weighted by Crippen LogP contribution is -2.39. The fraction of sp³-hybridized carbons (Fsp3) is 0.235. The third-order valence-electron chi connectivity index (χ3n) is 3.45. The van der Waals surface area contributed by atoms with Gasteiger partial charge < -0.3 is 10.6 Å². The van der Waals surface area contributed by atoms with E-state index in [1.807, 2.05) is 30.3 Å². The molecule has 0 unspecified atom stereocenters. The van der Waals surface area contributed by atoms with Crippen LogP contribution in [0.4, 0.5) is 10.5 Å². The van der Waals surface area contributed by atoms with Crippen molar-refractivity contribution in [2.75, 3.05) is 11.9 Å². The molecule has 0 atom stereocenters. The highest BCUT2D eigenvalue weighted by Crippen LogP contribution is 2.29. The van der Waals surface area contributed by atoms with Gasteiger partial charge in [-0.3, -0.25) is 0 Å². The number of para-hydroxylation sites is 1. The molecule has 22 heavy (non-hydrogen) atoms. The zero-order valence-corrected chi connectivity index (χ0v) is 14.0. The van der Waals surface area contributed by atoms with Crippen molar-refractivity contribution in [1.29, 1.82) is 0 Å². The average Bonchev–Trinajstić information content (AvgIpc) is 2.50. The summed E-state index contributed by atoms with van der Waals surface area (Å²) in [6.07, 6.45) is 0. The van der Waals surface area contributed by atoms with Crippen molar-refractivity contribution < 1.29 is 4.79 Å². The topological polar surface area (TPSA) is 41.1 Å². The van der Waals surface area contributed by atoms with Gasteiger partial charge in [0.25, 0.3) is 0 Å². The number of carbonyl (C=O) groups excluding carboxylic acids is 1. The predicted molar refractivity (Wildman–Crippen MR) is 93.0 cm³/mol. The Balaban J connectivity index is 1.99. The first kappa shape index (κ1) is 16.7. The molecule has 0 aromatic heterocycles. The second-order valence-corrected chi connectivity index (χ2v) is 6.47. The van der Waals surface area contributed by atoms with Gasteiger partial charge in [-0.25, -0.2) is 4.79 Å². The lowest BCUT2D eigenvalue weighted by atomic mass is 9.85. The molecule has 0 heterocycles. The Bertz CT molecular complexity index is 637. The van der Waals surface area contributed by atoms with E-state index in [0.717, 1.165) is 5.56 Å². The number of urea groups is 1. The maximum absolute atomic E-state index is 12.1. The molecule has 0 aliphatic carbocycles. The van der Waals surface area contributed by atoms with E-state index in [4.69, 9.17) is 23.2 Å². The van der Waals surface area contributed by atoms with Crippen LogP contribution >= 0.6 is 23.2 Å². The minimum Gasteiger partial charge on any atom is -0.337 e. The van der Waals surface area contributed by atoms with Crippen molar-refractivity contribution in [3.63, 3.8) is 0 Å². The van der Waals surface area contributed by atoms with Crippen molar-refractivity contribution in [2.45, 2.75) is 19.3 Å². The van der Waals surface area contributed by atoms with Crippen LogP contribution in [0.5, 0.6) is 0 Å². The molecule has 116 valence electrons. The molecule has 5 heteroatoms. The van der Waals surface area contributed by atoms with Gasteiger partial charge in [0.05, 0.1) is 15.7 Å². The van der Waals surface area contributed by atoms with Crippen molar-refractivity contribution in [3.8, 4) is 0 Å². The van der Waals surface area contributed by atoms with E-state index in [1.54, 1.807) is 18.2 Å². The van der Waals surface area contributed by atoms with E-state index in [-0.39, 0.29) is 11.4 Å². The smallest absolute Gasteiger partial charge is 0.319 e. The van der Waals surface area contributed by atoms with Gasteiger partial charge in [-0.15, -0.1) is 0 Å². The summed E-state index contributed by atoms with van der Waals surface area (Å²) >= 11 is 12.1. The van der Waals surface area contributed by atoms with Crippen molar-refractivity contribution in [1.82, 2.24) is 5.32 Å². The molecule has 0 saturated heterocycles. The highest BCUT2D eigenvalue weighted by atomic mass is 35.5. The Morgan fingerprint density at radius 1 is 1.00 bits per heavy atom. The molecule has 2 N–H and O–H groups in total. The van der Waals surface area contributed by atoms with Gasteiger partial charge >= 0.3 is 6.03 Å². The molecule has 0 radical (unpaired) electrons. The molecule has 0 spiro atoms. The minimum atomic E-state index is -0.334. The average molecular weight is 337 g/mol. The molecule has 2 rings (SSSR count). The number of hydrogen-bond acceptors (Lipinski definition) is 1. The van der Waals surface area contributed by atoms with E-state index in [9.17, 15) is 4.79 Å². The highest BCUT2D eigenvalue weighted by Gasteiger charge is 2.21. The van der Waals surface area contributed by atoms with Crippen LogP contribution in [0.25, 0.3) is 0 Å². The van der Waals surface area contributed by atoms with E-state index in [1.165, 1.54) is 0 Å². The lowest BCUT2D eigenvalue weighted by Gasteiger charge is -2.25. The van der Waals surface area contributed by atoms with Crippen LogP contribution in [-0.4, -0.2) is 12.6 Å². The molecule has 0 bridgehead atoms. The van der Waals surface area contributed by atoms with Gasteiger partial charge in [0.15, 0.2) is 0 Å². The van der Waals surface area contributed by atoms with E-state index in [2.05, 4.69) is 24.5 Å². The molecular weight excluding hydrogens is 319 g/mol. The highest BCUT2D eigenvalue weighted by molar-refractivity contribution is 6.39.